The van der Waals surface area contributed by atoms with E-state index in [0.29, 0.717) is 0 Å². The van der Waals surface area contributed by atoms with Crippen LogP contribution in [0, 0.1) is 0 Å². The van der Waals surface area contributed by atoms with Gasteiger partial charge >= 0.3 is 0 Å². The van der Waals surface area contributed by atoms with Crippen molar-refractivity contribution in [1.29, 1.82) is 0 Å². The smallest absolute Gasteiger partial charge is 0.0794 e. The molecule has 0 aromatic rings. The van der Waals surface area contributed by atoms with Crippen LogP contribution in [0.3, 0.4) is 0 Å². The van der Waals surface area contributed by atoms with Crippen molar-refractivity contribution in [3.63, 3.8) is 0 Å². The average Bonchev–Trinajstić information content (AvgIpc) is 1.72. The summed E-state index contributed by atoms with van der Waals surface area (Å²) in [4.78, 5) is 9.24. The highest BCUT2D eigenvalue weighted by atomic mass is 28.2. The van der Waals surface area contributed by atoms with Crippen molar-refractivity contribution in [2.75, 3.05) is 12.8 Å². The second kappa shape index (κ2) is 2.33. The Hall–Kier alpha value is 0.137. The first kappa shape index (κ1) is 4.30. The van der Waals surface area contributed by atoms with Crippen molar-refractivity contribution in [3.8, 4) is 0 Å². The van der Waals surface area contributed by atoms with Crippen molar-refractivity contribution in [2.45, 2.75) is 6.04 Å². The summed E-state index contributed by atoms with van der Waals surface area (Å²) in [6.45, 7) is 0.840. The lowest BCUT2D eigenvalue weighted by Crippen LogP contribution is -2.13. The molecular formula is C3H8O2Si. The molecule has 0 aromatic carbocycles. The zero-order valence-electron chi connectivity index (χ0n) is 3.64. The Kier molecular flexibility index (Phi) is 1.67. The van der Waals surface area contributed by atoms with Gasteiger partial charge in [0, 0.05) is 0 Å². The fourth-order valence-corrected chi connectivity index (χ4v) is 1.20. The normalized spacial score (nSPS) is 28.0. The Labute approximate surface area is 39.2 Å². The van der Waals surface area contributed by atoms with Gasteiger partial charge in [-0.3, -0.25) is 0 Å². The molecule has 0 aromatic heterocycles. The van der Waals surface area contributed by atoms with E-state index in [-0.39, 0.29) is 9.52 Å². The van der Waals surface area contributed by atoms with Crippen molar-refractivity contribution in [2.24, 2.45) is 0 Å². The highest BCUT2D eigenvalue weighted by Gasteiger charge is 1.96. The molecule has 1 aliphatic heterocycles. The Balaban J connectivity index is 2.00. The van der Waals surface area contributed by atoms with E-state index < -0.39 is 0 Å². The lowest BCUT2D eigenvalue weighted by atomic mass is 10.9. The molecule has 1 heterocycles. The molecule has 1 aliphatic rings. The second-order valence-electron chi connectivity index (χ2n) is 1.35. The summed E-state index contributed by atoms with van der Waals surface area (Å²) in [5.74, 6) is 0. The Morgan fingerprint density at radius 1 is 1.33 bits per heavy atom. The minimum Gasteiger partial charge on any atom is -0.241 e. The standard InChI is InChI=1S/C3H8O2Si/c1-2-6-3-5-4-1/h1-3,6H2. The minimum absolute atomic E-state index is 0.161. The summed E-state index contributed by atoms with van der Waals surface area (Å²) in [6.07, 6.45) is 0.917. The molecule has 0 atom stereocenters. The van der Waals surface area contributed by atoms with E-state index in [1.165, 1.54) is 6.04 Å². The van der Waals surface area contributed by atoms with Crippen LogP contribution in [0.1, 0.15) is 0 Å². The Morgan fingerprint density at radius 2 is 2.33 bits per heavy atom. The first-order valence-corrected chi connectivity index (χ1v) is 4.24. The van der Waals surface area contributed by atoms with Crippen LogP contribution in [0.5, 0.6) is 0 Å². The fraction of sp³-hybridized carbons (Fsp3) is 1.00. The van der Waals surface area contributed by atoms with Gasteiger partial charge in [-0.2, -0.15) is 0 Å². The molecule has 0 aliphatic carbocycles. The molecule has 2 nitrogen and oxygen atoms in total. The van der Waals surface area contributed by atoms with E-state index in [0.717, 1.165) is 12.8 Å². The summed E-state index contributed by atoms with van der Waals surface area (Å²) >= 11 is 0. The number of rotatable bonds is 0. The highest BCUT2D eigenvalue weighted by Crippen LogP contribution is 1.90. The summed E-state index contributed by atoms with van der Waals surface area (Å²) < 4.78 is 0. The third-order valence-corrected chi connectivity index (χ3v) is 2.03. The summed E-state index contributed by atoms with van der Waals surface area (Å²) in [7, 11) is 0.161. The van der Waals surface area contributed by atoms with Crippen LogP contribution in [-0.2, 0) is 9.78 Å². The highest BCUT2D eigenvalue weighted by molar-refractivity contribution is 6.35. The predicted octanol–water partition coefficient (Wildman–Crippen LogP) is -0.507. The van der Waals surface area contributed by atoms with E-state index in [1.807, 2.05) is 0 Å². The molecule has 0 radical (unpaired) electrons. The minimum atomic E-state index is 0.161. The maximum atomic E-state index is 4.63. The van der Waals surface area contributed by atoms with Crippen LogP contribution in [0.4, 0.5) is 0 Å². The zero-order valence-corrected chi connectivity index (χ0v) is 5.06. The van der Waals surface area contributed by atoms with Gasteiger partial charge in [0.25, 0.3) is 0 Å². The van der Waals surface area contributed by atoms with Crippen LogP contribution in [0.2, 0.25) is 6.04 Å². The summed E-state index contributed by atoms with van der Waals surface area (Å²) in [5.41, 5.74) is 0. The van der Waals surface area contributed by atoms with Gasteiger partial charge in [0.05, 0.1) is 22.4 Å². The third-order valence-electron chi connectivity index (χ3n) is 0.789. The maximum Gasteiger partial charge on any atom is 0.0794 e. The molecule has 1 fully saturated rings. The van der Waals surface area contributed by atoms with Gasteiger partial charge in [-0.25, -0.2) is 9.78 Å². The molecule has 36 valence electrons. The van der Waals surface area contributed by atoms with E-state index in [2.05, 4.69) is 9.78 Å². The van der Waals surface area contributed by atoms with E-state index >= 15 is 0 Å². The Morgan fingerprint density at radius 3 is 2.50 bits per heavy atom. The van der Waals surface area contributed by atoms with Crippen LogP contribution < -0.4 is 0 Å². The van der Waals surface area contributed by atoms with Gasteiger partial charge in [-0.1, -0.05) is 0 Å². The van der Waals surface area contributed by atoms with Crippen LogP contribution >= 0.6 is 0 Å². The van der Waals surface area contributed by atoms with Gasteiger partial charge < -0.3 is 0 Å². The quantitative estimate of drug-likeness (QED) is 0.304. The predicted molar refractivity (Wildman–Crippen MR) is 25.3 cm³/mol. The monoisotopic (exact) mass is 104 g/mol. The lowest BCUT2D eigenvalue weighted by molar-refractivity contribution is -0.284. The van der Waals surface area contributed by atoms with Crippen molar-refractivity contribution in [1.82, 2.24) is 0 Å². The number of hydrogen-bond acceptors (Lipinski definition) is 2. The van der Waals surface area contributed by atoms with Crippen molar-refractivity contribution >= 4 is 9.52 Å². The second-order valence-corrected chi connectivity index (χ2v) is 3.17. The molecule has 0 spiro atoms. The van der Waals surface area contributed by atoms with Crippen molar-refractivity contribution < 1.29 is 9.78 Å². The van der Waals surface area contributed by atoms with Gasteiger partial charge in [0.15, 0.2) is 0 Å². The van der Waals surface area contributed by atoms with Crippen molar-refractivity contribution in [3.05, 3.63) is 0 Å². The largest absolute Gasteiger partial charge is 0.241 e. The first-order chi connectivity index (χ1) is 3.00. The SMILES string of the molecule is C1C[SiH2]COO1. The molecule has 0 N–H and O–H groups in total. The van der Waals surface area contributed by atoms with Gasteiger partial charge in [0.1, 0.15) is 0 Å². The van der Waals surface area contributed by atoms with E-state index in [9.17, 15) is 0 Å². The summed E-state index contributed by atoms with van der Waals surface area (Å²) in [6, 6.07) is 1.29. The molecule has 1 saturated heterocycles. The van der Waals surface area contributed by atoms with Gasteiger partial charge in [0.2, 0.25) is 0 Å². The van der Waals surface area contributed by atoms with Gasteiger partial charge in [-0.05, 0) is 6.04 Å². The van der Waals surface area contributed by atoms with Crippen LogP contribution in [-0.4, -0.2) is 22.4 Å². The van der Waals surface area contributed by atoms with Gasteiger partial charge in [-0.15, -0.1) is 0 Å². The zero-order chi connectivity index (χ0) is 4.24. The molecule has 0 amide bonds. The maximum absolute atomic E-state index is 4.63. The first-order valence-electron chi connectivity index (χ1n) is 2.24. The average molecular weight is 104 g/mol. The molecular weight excluding hydrogens is 96.1 g/mol. The molecule has 0 bridgehead atoms. The topological polar surface area (TPSA) is 18.5 Å². The molecule has 1 rings (SSSR count). The van der Waals surface area contributed by atoms with E-state index in [1.54, 1.807) is 0 Å². The van der Waals surface area contributed by atoms with E-state index in [4.69, 9.17) is 0 Å². The molecule has 0 saturated carbocycles. The summed E-state index contributed by atoms with van der Waals surface area (Å²) in [5, 5.41) is 0. The molecule has 6 heavy (non-hydrogen) atoms. The molecule has 0 unspecified atom stereocenters. The third kappa shape index (κ3) is 1.08. The Bertz CT molecular complexity index is 24.3. The lowest BCUT2D eigenvalue weighted by Gasteiger charge is -2.06. The van der Waals surface area contributed by atoms with Crippen LogP contribution in [0.25, 0.3) is 0 Å². The molecule has 3 heteroatoms. The number of hydrogen-bond donors (Lipinski definition) is 0. The van der Waals surface area contributed by atoms with Crippen LogP contribution in [0.15, 0.2) is 0 Å². The fourth-order valence-electron chi connectivity index (χ4n) is 0.440.